The summed E-state index contributed by atoms with van der Waals surface area (Å²) in [5.74, 6) is -0.0603. The van der Waals surface area contributed by atoms with Gasteiger partial charge in [-0.05, 0) is 19.8 Å². The molecule has 88 valence electrons. The molecule has 1 aromatic rings. The fourth-order valence-corrected chi connectivity index (χ4v) is 1.88. The highest BCUT2D eigenvalue weighted by Gasteiger charge is 2.18. The van der Waals surface area contributed by atoms with Crippen molar-refractivity contribution in [2.24, 2.45) is 0 Å². The minimum absolute atomic E-state index is 0.0603. The maximum absolute atomic E-state index is 11.9. The monoisotopic (exact) mass is 223 g/mol. The Labute approximate surface area is 94.8 Å². The molecule has 5 nitrogen and oxygen atoms in total. The zero-order chi connectivity index (χ0) is 11.4. The fraction of sp³-hybridized carbons (Fsp3) is 0.636. The second-order valence-electron chi connectivity index (χ2n) is 3.95. The van der Waals surface area contributed by atoms with Gasteiger partial charge in [0.15, 0.2) is 0 Å². The number of nitrogens with zero attached hydrogens (tertiary/aromatic N) is 2. The lowest BCUT2D eigenvalue weighted by Gasteiger charge is -2.23. The number of hydrogen-bond donors (Lipinski definition) is 1. The van der Waals surface area contributed by atoms with E-state index in [2.05, 4.69) is 10.3 Å². The van der Waals surface area contributed by atoms with E-state index in [1.165, 1.54) is 0 Å². The molecule has 0 aromatic carbocycles. The van der Waals surface area contributed by atoms with Crippen molar-refractivity contribution in [3.63, 3.8) is 0 Å². The van der Waals surface area contributed by atoms with Crippen LogP contribution in [0.1, 0.15) is 30.3 Å². The summed E-state index contributed by atoms with van der Waals surface area (Å²) >= 11 is 0. The Kier molecular flexibility index (Phi) is 3.56. The Morgan fingerprint density at radius 2 is 2.62 bits per heavy atom. The van der Waals surface area contributed by atoms with Crippen LogP contribution in [0, 0.1) is 0 Å². The summed E-state index contributed by atoms with van der Waals surface area (Å²) in [6.45, 7) is 4.16. The van der Waals surface area contributed by atoms with Crippen molar-refractivity contribution in [2.45, 2.75) is 32.4 Å². The standard InChI is InChI=1S/C11H17N3O2/c1-2-14-8-12-6-10(14)11(15)13-9-4-3-5-16-7-9/h6,8-9H,2-5,7H2,1H3,(H,13,15)/t9-/m1/s1. The van der Waals surface area contributed by atoms with Crippen molar-refractivity contribution >= 4 is 5.91 Å². The van der Waals surface area contributed by atoms with E-state index in [0.717, 1.165) is 26.0 Å². The molecule has 0 bridgehead atoms. The number of amides is 1. The highest BCUT2D eigenvalue weighted by molar-refractivity contribution is 5.92. The van der Waals surface area contributed by atoms with E-state index in [0.29, 0.717) is 12.3 Å². The second kappa shape index (κ2) is 5.12. The first-order valence-corrected chi connectivity index (χ1v) is 5.70. The molecule has 0 saturated carbocycles. The van der Waals surface area contributed by atoms with E-state index in [-0.39, 0.29) is 11.9 Å². The van der Waals surface area contributed by atoms with Crippen LogP contribution in [0.5, 0.6) is 0 Å². The molecule has 2 heterocycles. The van der Waals surface area contributed by atoms with Crippen molar-refractivity contribution in [3.05, 3.63) is 18.2 Å². The average Bonchev–Trinajstić information content (AvgIpc) is 2.78. The van der Waals surface area contributed by atoms with Crippen LogP contribution in [0.4, 0.5) is 0 Å². The molecule has 1 fully saturated rings. The maximum Gasteiger partial charge on any atom is 0.269 e. The first-order valence-electron chi connectivity index (χ1n) is 5.70. The van der Waals surface area contributed by atoms with Gasteiger partial charge in [-0.25, -0.2) is 4.98 Å². The minimum Gasteiger partial charge on any atom is -0.379 e. The number of rotatable bonds is 3. The van der Waals surface area contributed by atoms with E-state index in [9.17, 15) is 4.79 Å². The summed E-state index contributed by atoms with van der Waals surface area (Å²) < 4.78 is 7.15. The quantitative estimate of drug-likeness (QED) is 0.825. The number of imidazole rings is 1. The number of carbonyl (C=O) groups is 1. The zero-order valence-corrected chi connectivity index (χ0v) is 9.48. The van der Waals surface area contributed by atoms with E-state index >= 15 is 0 Å². The number of hydrogen-bond acceptors (Lipinski definition) is 3. The fourth-order valence-electron chi connectivity index (χ4n) is 1.88. The molecule has 1 aliphatic heterocycles. The van der Waals surface area contributed by atoms with Gasteiger partial charge in [-0.15, -0.1) is 0 Å². The average molecular weight is 223 g/mol. The van der Waals surface area contributed by atoms with Gasteiger partial charge in [-0.3, -0.25) is 4.79 Å². The molecular formula is C11H17N3O2. The molecule has 2 rings (SSSR count). The van der Waals surface area contributed by atoms with Crippen LogP contribution in [-0.4, -0.2) is 34.7 Å². The second-order valence-corrected chi connectivity index (χ2v) is 3.95. The van der Waals surface area contributed by atoms with Crippen molar-refractivity contribution in [2.75, 3.05) is 13.2 Å². The molecule has 0 spiro atoms. The summed E-state index contributed by atoms with van der Waals surface area (Å²) in [5, 5.41) is 2.97. The van der Waals surface area contributed by atoms with Crippen LogP contribution in [0.2, 0.25) is 0 Å². The summed E-state index contributed by atoms with van der Waals surface area (Å²) in [4.78, 5) is 15.9. The third kappa shape index (κ3) is 2.41. The van der Waals surface area contributed by atoms with Gasteiger partial charge < -0.3 is 14.6 Å². The number of ether oxygens (including phenoxy) is 1. The zero-order valence-electron chi connectivity index (χ0n) is 9.48. The lowest BCUT2D eigenvalue weighted by Crippen LogP contribution is -2.41. The van der Waals surface area contributed by atoms with Gasteiger partial charge in [0.2, 0.25) is 0 Å². The van der Waals surface area contributed by atoms with E-state index < -0.39 is 0 Å². The topological polar surface area (TPSA) is 56.2 Å². The van der Waals surface area contributed by atoms with Gasteiger partial charge in [0.05, 0.1) is 25.2 Å². The Balaban J connectivity index is 1.96. The van der Waals surface area contributed by atoms with Gasteiger partial charge in [-0.2, -0.15) is 0 Å². The van der Waals surface area contributed by atoms with Crippen LogP contribution < -0.4 is 5.32 Å². The molecular weight excluding hydrogens is 206 g/mol. The SMILES string of the molecule is CCn1cncc1C(=O)N[C@@H]1CCCOC1. The van der Waals surface area contributed by atoms with E-state index in [1.807, 2.05) is 11.5 Å². The summed E-state index contributed by atoms with van der Waals surface area (Å²) in [6, 6.07) is 0.140. The molecule has 1 aliphatic rings. The number of aromatic nitrogens is 2. The van der Waals surface area contributed by atoms with Crippen molar-refractivity contribution < 1.29 is 9.53 Å². The molecule has 0 unspecified atom stereocenters. The molecule has 16 heavy (non-hydrogen) atoms. The van der Waals surface area contributed by atoms with Gasteiger partial charge >= 0.3 is 0 Å². The molecule has 1 saturated heterocycles. The first-order chi connectivity index (χ1) is 7.81. The van der Waals surface area contributed by atoms with Crippen molar-refractivity contribution in [1.82, 2.24) is 14.9 Å². The molecule has 1 aromatic heterocycles. The number of aryl methyl sites for hydroxylation is 1. The lowest BCUT2D eigenvalue weighted by atomic mass is 10.1. The van der Waals surface area contributed by atoms with Crippen LogP contribution in [0.15, 0.2) is 12.5 Å². The molecule has 1 amide bonds. The molecule has 0 aliphatic carbocycles. The van der Waals surface area contributed by atoms with Crippen LogP contribution in [0.25, 0.3) is 0 Å². The highest BCUT2D eigenvalue weighted by atomic mass is 16.5. The van der Waals surface area contributed by atoms with Gasteiger partial charge in [0.25, 0.3) is 5.91 Å². The molecule has 1 N–H and O–H groups in total. The summed E-state index contributed by atoms with van der Waals surface area (Å²) in [7, 11) is 0. The highest BCUT2D eigenvalue weighted by Crippen LogP contribution is 2.07. The van der Waals surface area contributed by atoms with Crippen LogP contribution in [-0.2, 0) is 11.3 Å². The summed E-state index contributed by atoms with van der Waals surface area (Å²) in [6.07, 6.45) is 5.28. The van der Waals surface area contributed by atoms with Gasteiger partial charge in [-0.1, -0.05) is 0 Å². The Hall–Kier alpha value is -1.36. The number of nitrogens with one attached hydrogen (secondary N) is 1. The van der Waals surface area contributed by atoms with Crippen molar-refractivity contribution in [1.29, 1.82) is 0 Å². The predicted molar refractivity (Wildman–Crippen MR) is 59.2 cm³/mol. The van der Waals surface area contributed by atoms with Crippen LogP contribution >= 0.6 is 0 Å². The minimum atomic E-state index is -0.0603. The maximum atomic E-state index is 11.9. The Morgan fingerprint density at radius 3 is 3.31 bits per heavy atom. The molecule has 5 heteroatoms. The molecule has 0 radical (unpaired) electrons. The van der Waals surface area contributed by atoms with Crippen molar-refractivity contribution in [3.8, 4) is 0 Å². The predicted octanol–water partition coefficient (Wildman–Crippen LogP) is 0.812. The first kappa shape index (κ1) is 11.1. The molecule has 1 atom stereocenters. The lowest BCUT2D eigenvalue weighted by molar-refractivity contribution is 0.0620. The van der Waals surface area contributed by atoms with Gasteiger partial charge in [0, 0.05) is 13.2 Å². The van der Waals surface area contributed by atoms with E-state index in [4.69, 9.17) is 4.74 Å². The van der Waals surface area contributed by atoms with Crippen LogP contribution in [0.3, 0.4) is 0 Å². The third-order valence-electron chi connectivity index (χ3n) is 2.78. The normalized spacial score (nSPS) is 20.7. The Morgan fingerprint density at radius 1 is 1.75 bits per heavy atom. The smallest absolute Gasteiger partial charge is 0.269 e. The Bertz CT molecular complexity index is 356. The number of carbonyl (C=O) groups excluding carboxylic acids is 1. The largest absolute Gasteiger partial charge is 0.379 e. The van der Waals surface area contributed by atoms with Gasteiger partial charge in [0.1, 0.15) is 5.69 Å². The third-order valence-corrected chi connectivity index (χ3v) is 2.78. The van der Waals surface area contributed by atoms with E-state index in [1.54, 1.807) is 12.5 Å². The summed E-state index contributed by atoms with van der Waals surface area (Å²) in [5.41, 5.74) is 0.619.